The van der Waals surface area contributed by atoms with Gasteiger partial charge >= 0.3 is 0 Å². The van der Waals surface area contributed by atoms with Crippen LogP contribution in [0.4, 0.5) is 11.4 Å². The first kappa shape index (κ1) is 15.7. The third kappa shape index (κ3) is 3.49. The second-order valence-electron chi connectivity index (χ2n) is 5.03. The summed E-state index contributed by atoms with van der Waals surface area (Å²) in [6.45, 7) is 4.01. The average Bonchev–Trinajstić information content (AvgIpc) is 2.41. The van der Waals surface area contributed by atoms with Crippen molar-refractivity contribution in [1.29, 1.82) is 0 Å². The lowest BCUT2D eigenvalue weighted by Gasteiger charge is -2.15. The van der Waals surface area contributed by atoms with Gasteiger partial charge in [-0.2, -0.15) is 0 Å². The molecule has 21 heavy (non-hydrogen) atoms. The van der Waals surface area contributed by atoms with Crippen molar-refractivity contribution in [2.24, 2.45) is 0 Å². The highest BCUT2D eigenvalue weighted by atomic mass is 35.5. The molecule has 0 saturated carbocycles. The normalized spacial score (nSPS) is 11.6. The van der Waals surface area contributed by atoms with Crippen LogP contribution in [0.3, 0.4) is 0 Å². The van der Waals surface area contributed by atoms with Gasteiger partial charge in [0.05, 0.1) is 21.3 Å². The van der Waals surface area contributed by atoms with E-state index >= 15 is 0 Å². The zero-order valence-electron chi connectivity index (χ0n) is 11.8. The van der Waals surface area contributed by atoms with Gasteiger partial charge in [0.2, 0.25) is 0 Å². The minimum Gasteiger partial charge on any atom is -0.397 e. The van der Waals surface area contributed by atoms with Crippen molar-refractivity contribution in [1.82, 2.24) is 0 Å². The summed E-state index contributed by atoms with van der Waals surface area (Å²) in [6.07, 6.45) is 0. The smallest absolute Gasteiger partial charge is 0.261 e. The highest BCUT2D eigenvalue weighted by Crippen LogP contribution is 2.28. The largest absolute Gasteiger partial charge is 0.397 e. The molecule has 2 aromatic carbocycles. The third-order valence-corrected chi connectivity index (χ3v) is 4.81. The Hall–Kier alpha value is -1.72. The average molecular weight is 325 g/mol. The first-order valence-electron chi connectivity index (χ1n) is 6.48. The van der Waals surface area contributed by atoms with E-state index in [-0.39, 0.29) is 16.5 Å². The zero-order valence-corrected chi connectivity index (χ0v) is 13.4. The Morgan fingerprint density at radius 1 is 1.14 bits per heavy atom. The summed E-state index contributed by atoms with van der Waals surface area (Å²) in [5.41, 5.74) is 7.40. The van der Waals surface area contributed by atoms with E-state index in [1.165, 1.54) is 18.2 Å². The van der Waals surface area contributed by atoms with Gasteiger partial charge in [-0.15, -0.1) is 0 Å². The molecule has 0 unspecified atom stereocenters. The summed E-state index contributed by atoms with van der Waals surface area (Å²) in [7, 11) is -3.70. The molecule has 0 aliphatic rings. The van der Waals surface area contributed by atoms with Gasteiger partial charge in [0.1, 0.15) is 0 Å². The summed E-state index contributed by atoms with van der Waals surface area (Å²) in [4.78, 5) is 0.0861. The number of hydrogen-bond acceptors (Lipinski definition) is 3. The number of nitrogens with one attached hydrogen (secondary N) is 1. The maximum Gasteiger partial charge on any atom is 0.261 e. The molecular weight excluding hydrogens is 308 g/mol. The Morgan fingerprint density at radius 3 is 2.43 bits per heavy atom. The maximum absolute atomic E-state index is 12.4. The lowest BCUT2D eigenvalue weighted by molar-refractivity contribution is 0.601. The highest BCUT2D eigenvalue weighted by molar-refractivity contribution is 7.92. The second kappa shape index (κ2) is 5.95. The molecule has 0 fully saturated rings. The van der Waals surface area contributed by atoms with Gasteiger partial charge in [0.25, 0.3) is 10.0 Å². The van der Waals surface area contributed by atoms with Crippen LogP contribution in [0.2, 0.25) is 5.02 Å². The highest BCUT2D eigenvalue weighted by Gasteiger charge is 2.17. The molecule has 0 aliphatic heterocycles. The minimum absolute atomic E-state index is 0.0861. The van der Waals surface area contributed by atoms with Gasteiger partial charge in [-0.25, -0.2) is 8.42 Å². The Kier molecular flexibility index (Phi) is 4.44. The Bertz CT molecular complexity index is 758. The number of nitrogens with two attached hydrogens (primary N) is 1. The molecule has 0 aromatic heterocycles. The summed E-state index contributed by atoms with van der Waals surface area (Å²) < 4.78 is 27.5. The van der Waals surface area contributed by atoms with Gasteiger partial charge in [-0.1, -0.05) is 43.6 Å². The maximum atomic E-state index is 12.4. The third-order valence-electron chi connectivity index (χ3n) is 3.10. The second-order valence-corrected chi connectivity index (χ2v) is 7.12. The molecule has 2 aromatic rings. The van der Waals surface area contributed by atoms with Crippen LogP contribution >= 0.6 is 11.6 Å². The van der Waals surface area contributed by atoms with Gasteiger partial charge in [0, 0.05) is 0 Å². The lowest BCUT2D eigenvalue weighted by Crippen LogP contribution is -2.14. The number of hydrogen-bond donors (Lipinski definition) is 2. The molecule has 4 nitrogen and oxygen atoms in total. The summed E-state index contributed by atoms with van der Waals surface area (Å²) in [6, 6.07) is 11.6. The number of anilines is 2. The van der Waals surface area contributed by atoms with Crippen molar-refractivity contribution in [3.63, 3.8) is 0 Å². The molecular formula is C15H17ClN2O2S. The molecule has 0 bridgehead atoms. The van der Waals surface area contributed by atoms with E-state index in [9.17, 15) is 8.42 Å². The molecule has 6 heteroatoms. The van der Waals surface area contributed by atoms with Crippen molar-refractivity contribution in [2.75, 3.05) is 10.5 Å². The van der Waals surface area contributed by atoms with E-state index in [0.717, 1.165) is 5.56 Å². The van der Waals surface area contributed by atoms with Crippen molar-refractivity contribution < 1.29 is 8.42 Å². The van der Waals surface area contributed by atoms with E-state index in [4.69, 9.17) is 17.3 Å². The minimum atomic E-state index is -3.70. The molecule has 0 saturated heterocycles. The van der Waals surface area contributed by atoms with Crippen LogP contribution < -0.4 is 10.5 Å². The molecule has 3 N–H and O–H groups in total. The summed E-state index contributed by atoms with van der Waals surface area (Å²) in [5, 5.41) is 0.330. The predicted octanol–water partition coefficient (Wildman–Crippen LogP) is 3.85. The molecule has 0 heterocycles. The SMILES string of the molecule is CC(C)c1ccccc1NS(=O)(=O)c1ccc(Cl)c(N)c1. The number of sulfonamides is 1. The van der Waals surface area contributed by atoms with Crippen LogP contribution in [-0.4, -0.2) is 8.42 Å². The van der Waals surface area contributed by atoms with Crippen LogP contribution in [0, 0.1) is 0 Å². The van der Waals surface area contributed by atoms with Crippen molar-refractivity contribution in [2.45, 2.75) is 24.7 Å². The molecule has 2 rings (SSSR count). The van der Waals surface area contributed by atoms with Gasteiger partial charge in [0.15, 0.2) is 0 Å². The van der Waals surface area contributed by atoms with E-state index in [2.05, 4.69) is 4.72 Å². The fraction of sp³-hybridized carbons (Fsp3) is 0.200. The fourth-order valence-corrected chi connectivity index (χ4v) is 3.23. The number of nitrogen functional groups attached to an aromatic ring is 1. The molecule has 112 valence electrons. The molecule has 0 atom stereocenters. The first-order chi connectivity index (χ1) is 9.81. The van der Waals surface area contributed by atoms with Gasteiger partial charge in [-0.05, 0) is 35.7 Å². The predicted molar refractivity (Wildman–Crippen MR) is 87.2 cm³/mol. The molecule has 0 aliphatic carbocycles. The van der Waals surface area contributed by atoms with Crippen LogP contribution in [0.1, 0.15) is 25.3 Å². The fourth-order valence-electron chi connectivity index (χ4n) is 1.99. The van der Waals surface area contributed by atoms with Crippen molar-refractivity contribution in [3.05, 3.63) is 53.1 Å². The van der Waals surface area contributed by atoms with E-state index < -0.39 is 10.0 Å². The Labute approximate surface area is 130 Å². The zero-order chi connectivity index (χ0) is 15.6. The monoisotopic (exact) mass is 324 g/mol. The van der Waals surface area contributed by atoms with Crippen LogP contribution in [-0.2, 0) is 10.0 Å². The van der Waals surface area contributed by atoms with Gasteiger partial charge < -0.3 is 5.73 Å². The summed E-state index contributed by atoms with van der Waals surface area (Å²) in [5.74, 6) is 0.208. The first-order valence-corrected chi connectivity index (χ1v) is 8.34. The van der Waals surface area contributed by atoms with E-state index in [1.54, 1.807) is 12.1 Å². The molecule has 0 radical (unpaired) electrons. The van der Waals surface area contributed by atoms with Crippen LogP contribution in [0.5, 0.6) is 0 Å². The topological polar surface area (TPSA) is 72.2 Å². The summed E-state index contributed by atoms with van der Waals surface area (Å²) >= 11 is 5.82. The van der Waals surface area contributed by atoms with Crippen molar-refractivity contribution >= 4 is 33.0 Å². The number of rotatable bonds is 4. The molecule has 0 spiro atoms. The Balaban J connectivity index is 2.40. The standard InChI is InChI=1S/C15H17ClN2O2S/c1-10(2)12-5-3-4-6-15(12)18-21(19,20)11-7-8-13(16)14(17)9-11/h3-10,18H,17H2,1-2H3. The van der Waals surface area contributed by atoms with Crippen LogP contribution in [0.15, 0.2) is 47.4 Å². The number of benzene rings is 2. The van der Waals surface area contributed by atoms with E-state index in [0.29, 0.717) is 10.7 Å². The van der Waals surface area contributed by atoms with E-state index in [1.807, 2.05) is 26.0 Å². The number of para-hydroxylation sites is 1. The van der Waals surface area contributed by atoms with Gasteiger partial charge in [-0.3, -0.25) is 4.72 Å². The number of halogens is 1. The Morgan fingerprint density at radius 2 is 1.81 bits per heavy atom. The van der Waals surface area contributed by atoms with Crippen LogP contribution in [0.25, 0.3) is 0 Å². The lowest BCUT2D eigenvalue weighted by atomic mass is 10.0. The van der Waals surface area contributed by atoms with Crippen molar-refractivity contribution in [3.8, 4) is 0 Å². The molecule has 0 amide bonds. The quantitative estimate of drug-likeness (QED) is 0.839.